The largest absolute Gasteiger partial charge is 0.465 e. The zero-order valence-corrected chi connectivity index (χ0v) is 12.7. The maximum atomic E-state index is 12.6. The molecular formula is C15H22N2O3. The van der Waals surface area contributed by atoms with Crippen molar-refractivity contribution in [2.24, 2.45) is 10.8 Å². The van der Waals surface area contributed by atoms with Crippen LogP contribution in [0, 0.1) is 10.8 Å². The standard InChI is InChI=1S/C15H22N2O3/c1-14(2,3)15-8-6-7-11(15)17(13(19)20)12(18)10(15)9-16(4)5/h6-7,9,11H,8H2,1-5H3,(H,19,20). The molecule has 110 valence electrons. The average Bonchev–Trinajstić information content (AvgIpc) is 2.77. The Morgan fingerprint density at radius 2 is 2.10 bits per heavy atom. The number of amides is 2. The summed E-state index contributed by atoms with van der Waals surface area (Å²) in [6, 6.07) is -0.404. The Labute approximate surface area is 119 Å². The Kier molecular flexibility index (Phi) is 3.19. The van der Waals surface area contributed by atoms with E-state index in [9.17, 15) is 14.7 Å². The van der Waals surface area contributed by atoms with Gasteiger partial charge in [-0.3, -0.25) is 4.79 Å². The molecule has 2 unspecified atom stereocenters. The third-order valence-corrected chi connectivity index (χ3v) is 4.40. The fourth-order valence-corrected chi connectivity index (χ4v) is 3.48. The monoisotopic (exact) mass is 278 g/mol. The normalized spacial score (nSPS) is 31.1. The highest BCUT2D eigenvalue weighted by molar-refractivity contribution is 6.07. The summed E-state index contributed by atoms with van der Waals surface area (Å²) in [5.74, 6) is -0.393. The lowest BCUT2D eigenvalue weighted by Gasteiger charge is -2.43. The second-order valence-electron chi connectivity index (χ2n) is 6.76. The number of allylic oxidation sites excluding steroid dienone is 1. The molecule has 0 aromatic heterocycles. The van der Waals surface area contributed by atoms with Gasteiger partial charge in [-0.05, 0) is 11.8 Å². The van der Waals surface area contributed by atoms with Gasteiger partial charge in [0.25, 0.3) is 5.91 Å². The molecule has 1 saturated heterocycles. The Hall–Kier alpha value is -1.78. The van der Waals surface area contributed by atoms with E-state index in [-0.39, 0.29) is 5.41 Å². The highest BCUT2D eigenvalue weighted by Gasteiger charge is 2.63. The highest BCUT2D eigenvalue weighted by Crippen LogP contribution is 2.59. The Bertz CT molecular complexity index is 514. The van der Waals surface area contributed by atoms with Crippen molar-refractivity contribution < 1.29 is 14.7 Å². The first kappa shape index (κ1) is 14.6. The van der Waals surface area contributed by atoms with Crippen molar-refractivity contribution in [2.45, 2.75) is 33.2 Å². The number of hydrogen-bond donors (Lipinski definition) is 1. The molecule has 0 aromatic rings. The summed E-state index contributed by atoms with van der Waals surface area (Å²) in [4.78, 5) is 26.8. The predicted octanol–water partition coefficient (Wildman–Crippen LogP) is 2.31. The molecule has 2 amide bonds. The van der Waals surface area contributed by atoms with Gasteiger partial charge in [0.05, 0.1) is 6.04 Å². The van der Waals surface area contributed by atoms with E-state index >= 15 is 0 Å². The number of hydrogen-bond acceptors (Lipinski definition) is 3. The van der Waals surface area contributed by atoms with Gasteiger partial charge >= 0.3 is 6.09 Å². The smallest absolute Gasteiger partial charge is 0.414 e. The fourth-order valence-electron chi connectivity index (χ4n) is 3.48. The van der Waals surface area contributed by atoms with Crippen molar-refractivity contribution in [3.8, 4) is 0 Å². The molecule has 2 atom stereocenters. The number of nitrogens with zero attached hydrogens (tertiary/aromatic N) is 2. The van der Waals surface area contributed by atoms with Gasteiger partial charge in [0.1, 0.15) is 0 Å². The molecule has 5 heteroatoms. The molecule has 2 aliphatic rings. The van der Waals surface area contributed by atoms with Crippen LogP contribution in [0.2, 0.25) is 0 Å². The van der Waals surface area contributed by atoms with Crippen molar-refractivity contribution in [3.05, 3.63) is 23.9 Å². The molecule has 0 radical (unpaired) electrons. The lowest BCUT2D eigenvalue weighted by molar-refractivity contribution is -0.123. The first-order valence-corrected chi connectivity index (χ1v) is 6.75. The molecule has 1 aliphatic carbocycles. The first-order valence-electron chi connectivity index (χ1n) is 6.75. The van der Waals surface area contributed by atoms with E-state index in [0.29, 0.717) is 12.0 Å². The number of imide groups is 1. The highest BCUT2D eigenvalue weighted by atomic mass is 16.4. The molecule has 1 aliphatic heterocycles. The number of likely N-dealkylation sites (tertiary alicyclic amines) is 1. The van der Waals surface area contributed by atoms with Gasteiger partial charge in [0.15, 0.2) is 0 Å². The van der Waals surface area contributed by atoms with Gasteiger partial charge < -0.3 is 10.0 Å². The quantitative estimate of drug-likeness (QED) is 0.590. The summed E-state index contributed by atoms with van der Waals surface area (Å²) >= 11 is 0. The second-order valence-corrected chi connectivity index (χ2v) is 6.76. The third kappa shape index (κ3) is 1.76. The van der Waals surface area contributed by atoms with Crippen molar-refractivity contribution in [2.75, 3.05) is 14.1 Å². The minimum absolute atomic E-state index is 0.219. The minimum Gasteiger partial charge on any atom is -0.465 e. The fraction of sp³-hybridized carbons (Fsp3) is 0.600. The summed E-state index contributed by atoms with van der Waals surface area (Å²) in [7, 11) is 3.69. The van der Waals surface area contributed by atoms with E-state index in [1.807, 2.05) is 26.2 Å². The van der Waals surface area contributed by atoms with Crippen molar-refractivity contribution >= 4 is 12.0 Å². The summed E-state index contributed by atoms with van der Waals surface area (Å²) in [5, 5.41) is 9.39. The Morgan fingerprint density at radius 3 is 2.55 bits per heavy atom. The van der Waals surface area contributed by atoms with Crippen molar-refractivity contribution in [3.63, 3.8) is 0 Å². The second kappa shape index (κ2) is 4.36. The van der Waals surface area contributed by atoms with Crippen LogP contribution in [-0.4, -0.2) is 47.0 Å². The van der Waals surface area contributed by atoms with Crippen LogP contribution >= 0.6 is 0 Å². The van der Waals surface area contributed by atoms with Crippen LogP contribution < -0.4 is 0 Å². The Morgan fingerprint density at radius 1 is 1.50 bits per heavy atom. The van der Waals surface area contributed by atoms with Crippen LogP contribution in [0.5, 0.6) is 0 Å². The van der Waals surface area contributed by atoms with E-state index in [0.717, 1.165) is 4.90 Å². The van der Waals surface area contributed by atoms with Crippen LogP contribution in [-0.2, 0) is 4.79 Å². The van der Waals surface area contributed by atoms with E-state index in [1.54, 1.807) is 11.1 Å². The molecule has 5 nitrogen and oxygen atoms in total. The molecular weight excluding hydrogens is 256 g/mol. The number of fused-ring (bicyclic) bond motifs is 1. The summed E-state index contributed by atoms with van der Waals surface area (Å²) in [6.45, 7) is 6.19. The summed E-state index contributed by atoms with van der Waals surface area (Å²) in [5.41, 5.74) is -0.109. The zero-order chi connectivity index (χ0) is 15.3. The van der Waals surface area contributed by atoms with Gasteiger partial charge in [-0.2, -0.15) is 0 Å². The van der Waals surface area contributed by atoms with E-state index in [1.165, 1.54) is 0 Å². The van der Waals surface area contributed by atoms with Gasteiger partial charge in [0, 0.05) is 31.3 Å². The third-order valence-electron chi connectivity index (χ3n) is 4.40. The number of rotatable bonds is 1. The van der Waals surface area contributed by atoms with Crippen molar-refractivity contribution in [1.82, 2.24) is 9.80 Å². The van der Waals surface area contributed by atoms with Gasteiger partial charge in [-0.15, -0.1) is 0 Å². The SMILES string of the molecule is CN(C)C=C1C(=O)N(C(=O)O)C2C=CCC12C(C)(C)C. The molecule has 1 N–H and O–H groups in total. The molecule has 0 spiro atoms. The minimum atomic E-state index is -1.18. The molecule has 1 fully saturated rings. The average molecular weight is 278 g/mol. The lowest BCUT2D eigenvalue weighted by Crippen LogP contribution is -2.46. The van der Waals surface area contributed by atoms with E-state index in [2.05, 4.69) is 20.8 Å². The van der Waals surface area contributed by atoms with Crippen molar-refractivity contribution in [1.29, 1.82) is 0 Å². The zero-order valence-electron chi connectivity index (χ0n) is 12.7. The molecule has 2 rings (SSSR count). The predicted molar refractivity (Wildman–Crippen MR) is 76.1 cm³/mol. The Balaban J connectivity index is 2.67. The molecule has 20 heavy (non-hydrogen) atoms. The van der Waals surface area contributed by atoms with Crippen LogP contribution in [0.3, 0.4) is 0 Å². The summed E-state index contributed by atoms with van der Waals surface area (Å²) in [6.07, 6.45) is 5.13. The van der Waals surface area contributed by atoms with Crippen LogP contribution in [0.15, 0.2) is 23.9 Å². The summed E-state index contributed by atoms with van der Waals surface area (Å²) < 4.78 is 0. The van der Waals surface area contributed by atoms with Gasteiger partial charge in [0.2, 0.25) is 0 Å². The van der Waals surface area contributed by atoms with E-state index < -0.39 is 23.5 Å². The number of carbonyl (C=O) groups excluding carboxylic acids is 1. The molecule has 0 bridgehead atoms. The molecule has 0 aromatic carbocycles. The van der Waals surface area contributed by atoms with E-state index in [4.69, 9.17) is 0 Å². The number of carboxylic acid groups (broad SMARTS) is 1. The van der Waals surface area contributed by atoms with Crippen LogP contribution in [0.4, 0.5) is 4.79 Å². The number of carbonyl (C=O) groups is 2. The first-order chi connectivity index (χ1) is 9.13. The topological polar surface area (TPSA) is 60.9 Å². The molecule has 0 saturated carbocycles. The van der Waals surface area contributed by atoms with Gasteiger partial charge in [-0.25, -0.2) is 9.69 Å². The molecule has 1 heterocycles. The maximum Gasteiger partial charge on any atom is 0.414 e. The lowest BCUT2D eigenvalue weighted by atomic mass is 9.60. The van der Waals surface area contributed by atoms with Crippen LogP contribution in [0.1, 0.15) is 27.2 Å². The van der Waals surface area contributed by atoms with Gasteiger partial charge in [-0.1, -0.05) is 32.9 Å². The maximum absolute atomic E-state index is 12.6. The van der Waals surface area contributed by atoms with Crippen LogP contribution in [0.25, 0.3) is 0 Å².